The zero-order valence-electron chi connectivity index (χ0n) is 16.0. The third kappa shape index (κ3) is 4.28. The maximum absolute atomic E-state index is 11.8. The van der Waals surface area contributed by atoms with Gasteiger partial charge >= 0.3 is 0 Å². The number of fused-ring (bicyclic) bond motifs is 1. The predicted molar refractivity (Wildman–Crippen MR) is 106 cm³/mol. The molecule has 0 unspecified atom stereocenters. The van der Waals surface area contributed by atoms with Crippen LogP contribution in [0, 0.1) is 5.92 Å². The van der Waals surface area contributed by atoms with E-state index in [2.05, 4.69) is 29.2 Å². The first-order chi connectivity index (χ1) is 12.5. The van der Waals surface area contributed by atoms with E-state index in [1.165, 1.54) is 12.8 Å². The van der Waals surface area contributed by atoms with E-state index >= 15 is 0 Å². The van der Waals surface area contributed by atoms with Crippen LogP contribution in [0.2, 0.25) is 0 Å². The van der Waals surface area contributed by atoms with Crippen molar-refractivity contribution in [3.05, 3.63) is 6.20 Å². The first-order valence-corrected chi connectivity index (χ1v) is 10.3. The number of aromatic nitrogens is 4. The van der Waals surface area contributed by atoms with Gasteiger partial charge in [-0.1, -0.05) is 39.5 Å². The minimum absolute atomic E-state index is 0.0116. The molecule has 1 fully saturated rings. The summed E-state index contributed by atoms with van der Waals surface area (Å²) in [5, 5.41) is 9.67. The zero-order valence-corrected chi connectivity index (χ0v) is 16.8. The number of carbonyl (C=O) groups excluding carboxylic acids is 1. The lowest BCUT2D eigenvalue weighted by Gasteiger charge is -2.18. The second-order valence-electron chi connectivity index (χ2n) is 7.24. The molecule has 1 saturated heterocycles. The summed E-state index contributed by atoms with van der Waals surface area (Å²) < 4.78 is 1.88. The van der Waals surface area contributed by atoms with Gasteiger partial charge in [0, 0.05) is 30.8 Å². The van der Waals surface area contributed by atoms with E-state index in [1.807, 2.05) is 24.7 Å². The molecule has 0 bridgehead atoms. The molecule has 142 valence electrons. The third-order valence-electron chi connectivity index (χ3n) is 4.35. The zero-order chi connectivity index (χ0) is 18.7. The molecule has 26 heavy (non-hydrogen) atoms. The van der Waals surface area contributed by atoms with E-state index in [-0.39, 0.29) is 11.8 Å². The molecule has 7 nitrogen and oxygen atoms in total. The van der Waals surface area contributed by atoms with E-state index in [9.17, 15) is 4.79 Å². The van der Waals surface area contributed by atoms with E-state index in [0.29, 0.717) is 18.3 Å². The fraction of sp³-hybridized carbons (Fsp3) is 0.667. The molecule has 0 aromatic carbocycles. The molecule has 1 amide bonds. The largest absolute Gasteiger partial charge is 0.356 e. The third-order valence-corrected chi connectivity index (χ3v) is 5.21. The number of amides is 1. The summed E-state index contributed by atoms with van der Waals surface area (Å²) in [6.45, 7) is 11.3. The average molecular weight is 377 g/mol. The Morgan fingerprint density at radius 2 is 1.96 bits per heavy atom. The summed E-state index contributed by atoms with van der Waals surface area (Å²) in [7, 11) is 0. The molecule has 0 spiro atoms. The topological polar surface area (TPSA) is 75.9 Å². The Morgan fingerprint density at radius 3 is 2.62 bits per heavy atom. The van der Waals surface area contributed by atoms with Crippen LogP contribution in [0.1, 0.15) is 40.5 Å². The lowest BCUT2D eigenvalue weighted by Crippen LogP contribution is -2.30. The molecule has 0 saturated carbocycles. The van der Waals surface area contributed by atoms with Gasteiger partial charge in [0.05, 0.1) is 18.1 Å². The van der Waals surface area contributed by atoms with Gasteiger partial charge in [0.1, 0.15) is 5.82 Å². The molecule has 0 radical (unpaired) electrons. The van der Waals surface area contributed by atoms with Crippen LogP contribution >= 0.6 is 11.8 Å². The van der Waals surface area contributed by atoms with Crippen LogP contribution in [0.3, 0.4) is 0 Å². The Morgan fingerprint density at radius 1 is 1.23 bits per heavy atom. The van der Waals surface area contributed by atoms with Crippen LogP contribution in [0.5, 0.6) is 0 Å². The van der Waals surface area contributed by atoms with Crippen molar-refractivity contribution in [1.82, 2.24) is 25.1 Å². The molecular formula is C18H28N6OS. The highest BCUT2D eigenvalue weighted by Crippen LogP contribution is 2.30. The molecule has 8 heteroatoms. The second kappa shape index (κ2) is 8.24. The van der Waals surface area contributed by atoms with Crippen LogP contribution in [0.4, 0.5) is 5.82 Å². The predicted octanol–water partition coefficient (Wildman–Crippen LogP) is 2.70. The number of anilines is 1. The van der Waals surface area contributed by atoms with E-state index in [0.717, 1.165) is 35.1 Å². The highest BCUT2D eigenvalue weighted by molar-refractivity contribution is 7.99. The molecule has 2 aromatic rings. The van der Waals surface area contributed by atoms with Crippen molar-refractivity contribution < 1.29 is 4.79 Å². The Bertz CT molecular complexity index is 766. The molecule has 3 rings (SSSR count). The van der Waals surface area contributed by atoms with Crippen molar-refractivity contribution in [1.29, 1.82) is 0 Å². The number of hydrogen-bond donors (Lipinski definition) is 1. The minimum atomic E-state index is -0.0116. The second-order valence-corrected chi connectivity index (χ2v) is 8.78. The number of nitrogens with one attached hydrogen (secondary N) is 1. The number of thioether (sulfide) groups is 1. The maximum Gasteiger partial charge on any atom is 0.222 e. The molecule has 1 N–H and O–H groups in total. The summed E-state index contributed by atoms with van der Waals surface area (Å²) in [5.41, 5.74) is 0.851. The maximum atomic E-state index is 11.8. The first-order valence-electron chi connectivity index (χ1n) is 9.38. The lowest BCUT2D eigenvalue weighted by molar-refractivity contribution is -0.124. The Kier molecular flexibility index (Phi) is 6.01. The summed E-state index contributed by atoms with van der Waals surface area (Å²) in [5.74, 6) is 1.04. The highest BCUT2D eigenvalue weighted by Gasteiger charge is 2.21. The Labute approximate surface area is 158 Å². The van der Waals surface area contributed by atoms with Crippen LogP contribution < -0.4 is 10.2 Å². The van der Waals surface area contributed by atoms with Crippen molar-refractivity contribution in [3.63, 3.8) is 0 Å². The van der Waals surface area contributed by atoms with Crippen molar-refractivity contribution in [2.75, 3.05) is 24.5 Å². The van der Waals surface area contributed by atoms with Crippen LogP contribution in [0.15, 0.2) is 11.4 Å². The van der Waals surface area contributed by atoms with Gasteiger partial charge in [0.2, 0.25) is 5.91 Å². The fourth-order valence-corrected chi connectivity index (χ4v) is 3.71. The molecule has 2 aromatic heterocycles. The standard InChI is InChI=1S/C18H28N6OS/c1-12(2)17(25)19-7-10-24-16-14(11-20-24)15(23-8-5-6-9-23)21-18(22-16)26-13(3)4/h11-13H,5-10H2,1-4H3,(H,19,25). The Hall–Kier alpha value is -1.83. The van der Waals surface area contributed by atoms with Crippen molar-refractivity contribution >= 4 is 34.5 Å². The molecule has 3 heterocycles. The summed E-state index contributed by atoms with van der Waals surface area (Å²) in [6, 6.07) is 0. The molecule has 1 aliphatic rings. The lowest BCUT2D eigenvalue weighted by atomic mass is 10.2. The first kappa shape index (κ1) is 18.9. The summed E-state index contributed by atoms with van der Waals surface area (Å²) in [6.07, 6.45) is 4.26. The van der Waals surface area contributed by atoms with Gasteiger partial charge in [0.15, 0.2) is 10.8 Å². The van der Waals surface area contributed by atoms with E-state index in [4.69, 9.17) is 9.97 Å². The van der Waals surface area contributed by atoms with Crippen LogP contribution in [-0.2, 0) is 11.3 Å². The Balaban J connectivity index is 1.87. The van der Waals surface area contributed by atoms with Crippen molar-refractivity contribution in [2.24, 2.45) is 5.92 Å². The van der Waals surface area contributed by atoms with Crippen LogP contribution in [-0.4, -0.2) is 50.5 Å². The average Bonchev–Trinajstić information content (AvgIpc) is 3.23. The van der Waals surface area contributed by atoms with Gasteiger partial charge in [-0.3, -0.25) is 4.79 Å². The molecule has 0 atom stereocenters. The smallest absolute Gasteiger partial charge is 0.222 e. The van der Waals surface area contributed by atoms with Gasteiger partial charge in [-0.05, 0) is 12.8 Å². The van der Waals surface area contributed by atoms with E-state index in [1.54, 1.807) is 11.8 Å². The fourth-order valence-electron chi connectivity index (χ4n) is 3.01. The van der Waals surface area contributed by atoms with Crippen molar-refractivity contribution in [3.8, 4) is 0 Å². The molecule has 0 aliphatic carbocycles. The normalized spacial score (nSPS) is 14.8. The number of nitrogens with zero attached hydrogens (tertiary/aromatic N) is 5. The van der Waals surface area contributed by atoms with Gasteiger partial charge in [-0.15, -0.1) is 0 Å². The highest BCUT2D eigenvalue weighted by atomic mass is 32.2. The minimum Gasteiger partial charge on any atom is -0.356 e. The monoisotopic (exact) mass is 376 g/mol. The summed E-state index contributed by atoms with van der Waals surface area (Å²) in [4.78, 5) is 23.7. The van der Waals surface area contributed by atoms with Gasteiger partial charge in [-0.2, -0.15) is 5.10 Å². The van der Waals surface area contributed by atoms with Gasteiger partial charge in [-0.25, -0.2) is 14.6 Å². The van der Waals surface area contributed by atoms with E-state index < -0.39 is 0 Å². The van der Waals surface area contributed by atoms with Crippen molar-refractivity contribution in [2.45, 2.75) is 57.5 Å². The molecular weight excluding hydrogens is 348 g/mol. The van der Waals surface area contributed by atoms with Gasteiger partial charge < -0.3 is 10.2 Å². The number of carbonyl (C=O) groups is 1. The number of rotatable bonds is 7. The quantitative estimate of drug-likeness (QED) is 0.591. The van der Waals surface area contributed by atoms with Crippen LogP contribution in [0.25, 0.3) is 11.0 Å². The van der Waals surface area contributed by atoms with Gasteiger partial charge in [0.25, 0.3) is 0 Å². The number of hydrogen-bond acceptors (Lipinski definition) is 6. The summed E-state index contributed by atoms with van der Waals surface area (Å²) >= 11 is 1.67. The molecule has 1 aliphatic heterocycles. The SMILES string of the molecule is CC(C)Sc1nc(N2CCCC2)c2cnn(CCNC(=O)C(C)C)c2n1.